The molecule has 3 rings (SSSR count). The van der Waals surface area contributed by atoms with Gasteiger partial charge in [-0.2, -0.15) is 0 Å². The minimum Gasteiger partial charge on any atom is -0.496 e. The molecule has 0 radical (unpaired) electrons. The summed E-state index contributed by atoms with van der Waals surface area (Å²) in [5, 5.41) is 3.08. The van der Waals surface area contributed by atoms with Crippen molar-refractivity contribution < 1.29 is 19.1 Å². The molecular weight excluding hydrogens is 380 g/mol. The molecule has 0 aliphatic carbocycles. The molecule has 2 amide bonds. The van der Waals surface area contributed by atoms with Gasteiger partial charge in [0.05, 0.1) is 25.7 Å². The van der Waals surface area contributed by atoms with Gasteiger partial charge in [0.1, 0.15) is 11.4 Å². The van der Waals surface area contributed by atoms with E-state index in [9.17, 15) is 9.59 Å². The van der Waals surface area contributed by atoms with E-state index in [4.69, 9.17) is 9.47 Å². The van der Waals surface area contributed by atoms with E-state index in [2.05, 4.69) is 5.32 Å². The van der Waals surface area contributed by atoms with Gasteiger partial charge in [0.25, 0.3) is 0 Å². The predicted molar refractivity (Wildman–Crippen MR) is 115 cm³/mol. The number of para-hydroxylation sites is 1. The van der Waals surface area contributed by atoms with Crippen LogP contribution in [0.25, 0.3) is 0 Å². The zero-order chi connectivity index (χ0) is 21.7. The Kier molecular flexibility index (Phi) is 6.65. The van der Waals surface area contributed by atoms with Crippen LogP contribution >= 0.6 is 0 Å². The monoisotopic (exact) mass is 410 g/mol. The summed E-state index contributed by atoms with van der Waals surface area (Å²) in [5.41, 5.74) is 1.22. The van der Waals surface area contributed by atoms with Crippen LogP contribution in [-0.2, 0) is 16.1 Å². The van der Waals surface area contributed by atoms with Crippen molar-refractivity contribution in [1.82, 2.24) is 10.2 Å². The molecule has 160 valence electrons. The zero-order valence-corrected chi connectivity index (χ0v) is 18.1. The number of piperidine rings is 1. The molecule has 2 atom stereocenters. The number of methoxy groups -OCH3 is 1. The predicted octanol–water partition coefficient (Wildman–Crippen LogP) is 4.45. The lowest BCUT2D eigenvalue weighted by Crippen LogP contribution is -2.53. The Balaban J connectivity index is 1.98. The maximum absolute atomic E-state index is 13.3. The van der Waals surface area contributed by atoms with E-state index in [1.807, 2.05) is 75.4 Å². The van der Waals surface area contributed by atoms with Gasteiger partial charge in [-0.15, -0.1) is 0 Å². The molecule has 0 saturated carbocycles. The molecule has 0 bridgehead atoms. The van der Waals surface area contributed by atoms with Crippen LogP contribution in [0.1, 0.15) is 50.8 Å². The first-order valence-electron chi connectivity index (χ1n) is 10.2. The number of hydrogen-bond acceptors (Lipinski definition) is 4. The van der Waals surface area contributed by atoms with Crippen LogP contribution in [0.15, 0.2) is 54.6 Å². The van der Waals surface area contributed by atoms with Crippen molar-refractivity contribution in [2.24, 2.45) is 0 Å². The summed E-state index contributed by atoms with van der Waals surface area (Å²) in [7, 11) is 1.62. The molecule has 1 aliphatic rings. The third-order valence-corrected chi connectivity index (χ3v) is 5.09. The number of carbonyl (C=O) groups excluding carboxylic acids is 2. The highest BCUT2D eigenvalue weighted by molar-refractivity contribution is 5.78. The molecule has 1 heterocycles. The van der Waals surface area contributed by atoms with E-state index >= 15 is 0 Å². The minimum absolute atomic E-state index is 0.0125. The van der Waals surface area contributed by atoms with E-state index < -0.39 is 11.7 Å². The van der Waals surface area contributed by atoms with Crippen LogP contribution in [-0.4, -0.2) is 35.7 Å². The van der Waals surface area contributed by atoms with E-state index in [0.29, 0.717) is 25.1 Å². The summed E-state index contributed by atoms with van der Waals surface area (Å²) < 4.78 is 11.2. The first-order valence-corrected chi connectivity index (χ1v) is 10.2. The molecule has 1 N–H and O–H groups in total. The number of carbonyl (C=O) groups is 2. The van der Waals surface area contributed by atoms with E-state index in [1.165, 1.54) is 0 Å². The maximum Gasteiger partial charge on any atom is 0.410 e. The second kappa shape index (κ2) is 9.20. The van der Waals surface area contributed by atoms with Crippen molar-refractivity contribution in [2.75, 3.05) is 7.11 Å². The van der Waals surface area contributed by atoms with Crippen LogP contribution in [0.2, 0.25) is 0 Å². The number of benzene rings is 2. The van der Waals surface area contributed by atoms with Crippen molar-refractivity contribution in [3.63, 3.8) is 0 Å². The van der Waals surface area contributed by atoms with Crippen LogP contribution in [0.3, 0.4) is 0 Å². The van der Waals surface area contributed by atoms with Gasteiger partial charge in [0.2, 0.25) is 5.91 Å². The van der Waals surface area contributed by atoms with Gasteiger partial charge in [-0.05, 0) is 38.8 Å². The Bertz CT molecular complexity index is 876. The molecule has 0 aromatic heterocycles. The van der Waals surface area contributed by atoms with E-state index in [-0.39, 0.29) is 18.0 Å². The van der Waals surface area contributed by atoms with Crippen LogP contribution in [0.4, 0.5) is 4.79 Å². The molecule has 2 aromatic rings. The Morgan fingerprint density at radius 3 is 2.43 bits per heavy atom. The number of hydrogen-bond donors (Lipinski definition) is 1. The van der Waals surface area contributed by atoms with Gasteiger partial charge in [0, 0.05) is 12.0 Å². The van der Waals surface area contributed by atoms with Crippen molar-refractivity contribution in [1.29, 1.82) is 0 Å². The highest BCUT2D eigenvalue weighted by Crippen LogP contribution is 2.32. The van der Waals surface area contributed by atoms with Gasteiger partial charge in [-0.3, -0.25) is 9.69 Å². The molecule has 6 nitrogen and oxygen atoms in total. The summed E-state index contributed by atoms with van der Waals surface area (Å²) in [6.45, 7) is 5.87. The Labute approximate surface area is 178 Å². The SMILES string of the molecule is COc1ccccc1CN(C(=O)OC(C)(C)C)[C@H]1CCC(=O)N[C@H]1c1ccccc1. The average molecular weight is 411 g/mol. The number of amides is 2. The second-order valence-electron chi connectivity index (χ2n) is 8.48. The van der Waals surface area contributed by atoms with Gasteiger partial charge in [0.15, 0.2) is 0 Å². The van der Waals surface area contributed by atoms with E-state index in [0.717, 1.165) is 11.1 Å². The minimum atomic E-state index is -0.629. The number of ether oxygens (including phenoxy) is 2. The first kappa shape index (κ1) is 21.7. The molecule has 6 heteroatoms. The standard InChI is InChI=1S/C24H30N2O4/c1-24(2,3)30-23(28)26(16-18-12-8-9-13-20(18)29-4)19-14-15-21(27)25-22(19)17-10-6-5-7-11-17/h5-13,19,22H,14-16H2,1-4H3,(H,25,27)/t19-,22-/m0/s1. The molecule has 1 saturated heterocycles. The van der Waals surface area contributed by atoms with E-state index in [1.54, 1.807) is 12.0 Å². The van der Waals surface area contributed by atoms with Crippen LogP contribution < -0.4 is 10.1 Å². The van der Waals surface area contributed by atoms with Gasteiger partial charge in [-0.25, -0.2) is 4.79 Å². The summed E-state index contributed by atoms with van der Waals surface area (Å²) in [6, 6.07) is 16.8. The average Bonchev–Trinajstić information content (AvgIpc) is 2.72. The van der Waals surface area contributed by atoms with Crippen molar-refractivity contribution in [3.05, 3.63) is 65.7 Å². The van der Waals surface area contributed by atoms with Crippen molar-refractivity contribution >= 4 is 12.0 Å². The summed E-state index contributed by atoms with van der Waals surface area (Å²) >= 11 is 0. The summed E-state index contributed by atoms with van der Waals surface area (Å²) in [6.07, 6.45) is 0.509. The fourth-order valence-electron chi connectivity index (χ4n) is 3.74. The van der Waals surface area contributed by atoms with Crippen molar-refractivity contribution in [2.45, 2.75) is 57.8 Å². The largest absolute Gasteiger partial charge is 0.496 e. The van der Waals surface area contributed by atoms with Crippen molar-refractivity contribution in [3.8, 4) is 5.75 Å². The van der Waals surface area contributed by atoms with Crippen LogP contribution in [0, 0.1) is 0 Å². The quantitative estimate of drug-likeness (QED) is 0.791. The molecule has 0 unspecified atom stereocenters. The molecule has 1 fully saturated rings. The fraction of sp³-hybridized carbons (Fsp3) is 0.417. The third-order valence-electron chi connectivity index (χ3n) is 5.09. The fourth-order valence-corrected chi connectivity index (χ4v) is 3.74. The zero-order valence-electron chi connectivity index (χ0n) is 18.1. The summed E-state index contributed by atoms with van der Waals surface area (Å²) in [5.74, 6) is 0.698. The topological polar surface area (TPSA) is 67.9 Å². The molecule has 30 heavy (non-hydrogen) atoms. The Morgan fingerprint density at radius 1 is 1.10 bits per heavy atom. The highest BCUT2D eigenvalue weighted by atomic mass is 16.6. The first-order chi connectivity index (χ1) is 14.3. The van der Waals surface area contributed by atoms with Gasteiger partial charge in [-0.1, -0.05) is 48.5 Å². The maximum atomic E-state index is 13.3. The van der Waals surface area contributed by atoms with Gasteiger partial charge < -0.3 is 14.8 Å². The third kappa shape index (κ3) is 5.32. The molecular formula is C24H30N2O4. The Hall–Kier alpha value is -3.02. The smallest absolute Gasteiger partial charge is 0.410 e. The molecule has 2 aromatic carbocycles. The number of nitrogens with zero attached hydrogens (tertiary/aromatic N) is 1. The summed E-state index contributed by atoms with van der Waals surface area (Å²) in [4.78, 5) is 27.2. The molecule has 0 spiro atoms. The number of nitrogens with one attached hydrogen (secondary N) is 1. The molecule has 1 aliphatic heterocycles. The lowest BCUT2D eigenvalue weighted by Gasteiger charge is -2.41. The highest BCUT2D eigenvalue weighted by Gasteiger charge is 2.38. The lowest BCUT2D eigenvalue weighted by molar-refractivity contribution is -0.125. The Morgan fingerprint density at radius 2 is 1.77 bits per heavy atom. The normalized spacial score (nSPS) is 19.0. The van der Waals surface area contributed by atoms with Crippen LogP contribution in [0.5, 0.6) is 5.75 Å². The number of rotatable bonds is 5. The van der Waals surface area contributed by atoms with Gasteiger partial charge >= 0.3 is 6.09 Å². The lowest BCUT2D eigenvalue weighted by atomic mass is 9.90. The second-order valence-corrected chi connectivity index (χ2v) is 8.48.